The Labute approximate surface area is 208 Å². The zero-order valence-corrected chi connectivity index (χ0v) is 19.4. The lowest BCUT2D eigenvalue weighted by molar-refractivity contribution is -0.384. The summed E-state index contributed by atoms with van der Waals surface area (Å²) in [5.41, 5.74) is 0.589. The number of cyclic esters (lactones) is 1. The second kappa shape index (κ2) is 9.96. The Morgan fingerprint density at radius 2 is 1.86 bits per heavy atom. The van der Waals surface area contributed by atoms with Crippen LogP contribution in [0.25, 0.3) is 6.08 Å². The number of non-ortho nitro benzene ring substituents is 1. The monoisotopic (exact) mass is 512 g/mol. The molecule has 0 saturated heterocycles. The van der Waals surface area contributed by atoms with Gasteiger partial charge < -0.3 is 14.2 Å². The normalized spacial score (nSPS) is 13.9. The molecule has 3 aromatic carbocycles. The summed E-state index contributed by atoms with van der Waals surface area (Å²) < 4.78 is 15.9. The molecule has 35 heavy (non-hydrogen) atoms. The number of nitro benzene ring substituents is 1. The van der Waals surface area contributed by atoms with Crippen LogP contribution in [0.3, 0.4) is 0 Å². The first-order chi connectivity index (χ1) is 16.8. The SMILES string of the molecule is COc1cc(/C=C2\N=C(c3cccc([N+](=O)[O-])c3)OC2=O)cc(Cl)c1OC(=O)c1ccccc1Cl. The Morgan fingerprint density at radius 3 is 2.57 bits per heavy atom. The molecule has 1 heterocycles. The van der Waals surface area contributed by atoms with Crippen LogP contribution in [-0.2, 0) is 9.53 Å². The highest BCUT2D eigenvalue weighted by Gasteiger charge is 2.26. The van der Waals surface area contributed by atoms with E-state index in [4.69, 9.17) is 37.4 Å². The molecule has 0 atom stereocenters. The van der Waals surface area contributed by atoms with Gasteiger partial charge in [0.15, 0.2) is 17.2 Å². The molecule has 0 radical (unpaired) electrons. The van der Waals surface area contributed by atoms with Crippen molar-refractivity contribution in [2.24, 2.45) is 4.99 Å². The third kappa shape index (κ3) is 5.16. The third-order valence-electron chi connectivity index (χ3n) is 4.77. The van der Waals surface area contributed by atoms with Gasteiger partial charge in [-0.05, 0) is 42.0 Å². The van der Waals surface area contributed by atoms with E-state index in [0.29, 0.717) is 5.56 Å². The molecule has 0 aromatic heterocycles. The molecule has 0 unspecified atom stereocenters. The maximum absolute atomic E-state index is 12.5. The number of ether oxygens (including phenoxy) is 3. The van der Waals surface area contributed by atoms with Crippen LogP contribution in [0.1, 0.15) is 21.5 Å². The van der Waals surface area contributed by atoms with Crippen LogP contribution < -0.4 is 9.47 Å². The quantitative estimate of drug-likeness (QED) is 0.141. The van der Waals surface area contributed by atoms with E-state index in [-0.39, 0.29) is 50.0 Å². The van der Waals surface area contributed by atoms with Crippen molar-refractivity contribution in [2.45, 2.75) is 0 Å². The number of aliphatic imine (C=N–C) groups is 1. The number of nitrogens with zero attached hydrogens (tertiary/aromatic N) is 2. The fourth-order valence-corrected chi connectivity index (χ4v) is 3.61. The molecule has 0 N–H and O–H groups in total. The number of hydrogen-bond acceptors (Lipinski definition) is 8. The molecule has 176 valence electrons. The molecule has 0 bridgehead atoms. The van der Waals surface area contributed by atoms with Gasteiger partial charge in [-0.15, -0.1) is 0 Å². The number of nitro groups is 1. The highest BCUT2D eigenvalue weighted by atomic mass is 35.5. The number of rotatable bonds is 6. The molecule has 1 aliphatic heterocycles. The number of esters is 2. The van der Waals surface area contributed by atoms with Crippen molar-refractivity contribution < 1.29 is 28.7 Å². The van der Waals surface area contributed by atoms with Crippen LogP contribution in [0.15, 0.2) is 71.4 Å². The maximum atomic E-state index is 12.5. The molecule has 0 fully saturated rings. The van der Waals surface area contributed by atoms with Gasteiger partial charge in [0.25, 0.3) is 5.69 Å². The lowest BCUT2D eigenvalue weighted by Gasteiger charge is -2.12. The van der Waals surface area contributed by atoms with Gasteiger partial charge in [-0.1, -0.05) is 41.4 Å². The molecule has 1 aliphatic rings. The average molecular weight is 513 g/mol. The zero-order valence-electron chi connectivity index (χ0n) is 17.9. The zero-order chi connectivity index (χ0) is 25.1. The van der Waals surface area contributed by atoms with Crippen LogP contribution in [-0.4, -0.2) is 29.9 Å². The second-order valence-electron chi connectivity index (χ2n) is 7.05. The van der Waals surface area contributed by atoms with E-state index in [1.807, 2.05) is 0 Å². The van der Waals surface area contributed by atoms with Crippen molar-refractivity contribution in [3.8, 4) is 11.5 Å². The molecule has 9 nitrogen and oxygen atoms in total. The standard InChI is InChI=1S/C24H14Cl2N2O7/c1-33-20-11-13(9-18(26)21(20)34-23(29)16-7-2-3-8-17(16)25)10-19-24(30)35-22(27-19)14-5-4-6-15(12-14)28(31)32/h2-12H,1H3/b19-10-. The topological polar surface area (TPSA) is 117 Å². The van der Waals surface area contributed by atoms with E-state index in [1.165, 1.54) is 55.7 Å². The molecule has 0 spiro atoms. The molecular weight excluding hydrogens is 499 g/mol. The van der Waals surface area contributed by atoms with E-state index in [9.17, 15) is 19.7 Å². The van der Waals surface area contributed by atoms with Crippen LogP contribution in [0, 0.1) is 10.1 Å². The first-order valence-corrected chi connectivity index (χ1v) is 10.6. The number of benzene rings is 3. The van der Waals surface area contributed by atoms with Crippen LogP contribution in [0.5, 0.6) is 11.5 Å². The fourth-order valence-electron chi connectivity index (χ4n) is 3.14. The van der Waals surface area contributed by atoms with E-state index in [2.05, 4.69) is 4.99 Å². The maximum Gasteiger partial charge on any atom is 0.363 e. The van der Waals surface area contributed by atoms with Gasteiger partial charge in [-0.2, -0.15) is 0 Å². The van der Waals surface area contributed by atoms with Gasteiger partial charge in [0.05, 0.1) is 27.6 Å². The molecular formula is C24H14Cl2N2O7. The van der Waals surface area contributed by atoms with Crippen LogP contribution in [0.4, 0.5) is 5.69 Å². The Hall–Kier alpha value is -4.21. The van der Waals surface area contributed by atoms with Crippen molar-refractivity contribution >= 4 is 52.8 Å². The van der Waals surface area contributed by atoms with Crippen LogP contribution >= 0.6 is 23.2 Å². The third-order valence-corrected chi connectivity index (χ3v) is 5.38. The summed E-state index contributed by atoms with van der Waals surface area (Å²) in [6.45, 7) is 0. The number of methoxy groups -OCH3 is 1. The molecule has 0 amide bonds. The lowest BCUT2D eigenvalue weighted by Crippen LogP contribution is -2.10. The van der Waals surface area contributed by atoms with E-state index < -0.39 is 16.9 Å². The lowest BCUT2D eigenvalue weighted by atomic mass is 10.1. The molecule has 4 rings (SSSR count). The largest absolute Gasteiger partial charge is 0.493 e. The summed E-state index contributed by atoms with van der Waals surface area (Å²) in [5.74, 6) is -1.47. The van der Waals surface area contributed by atoms with E-state index in [0.717, 1.165) is 0 Å². The van der Waals surface area contributed by atoms with E-state index >= 15 is 0 Å². The van der Waals surface area contributed by atoms with Gasteiger partial charge in [0.2, 0.25) is 5.90 Å². The van der Waals surface area contributed by atoms with E-state index in [1.54, 1.807) is 18.2 Å². The molecule has 11 heteroatoms. The highest BCUT2D eigenvalue weighted by Crippen LogP contribution is 2.38. The summed E-state index contributed by atoms with van der Waals surface area (Å²) in [7, 11) is 1.36. The van der Waals surface area contributed by atoms with Crippen molar-refractivity contribution in [3.63, 3.8) is 0 Å². The van der Waals surface area contributed by atoms with Gasteiger partial charge in [-0.25, -0.2) is 14.6 Å². The smallest absolute Gasteiger partial charge is 0.363 e. The average Bonchev–Trinajstić information content (AvgIpc) is 3.20. The summed E-state index contributed by atoms with van der Waals surface area (Å²) >= 11 is 12.4. The number of carbonyl (C=O) groups is 2. The minimum atomic E-state index is -0.754. The van der Waals surface area contributed by atoms with Crippen molar-refractivity contribution in [1.82, 2.24) is 0 Å². The Morgan fingerprint density at radius 1 is 1.09 bits per heavy atom. The number of halogens is 2. The number of hydrogen-bond donors (Lipinski definition) is 0. The van der Waals surface area contributed by atoms with Crippen molar-refractivity contribution in [2.75, 3.05) is 7.11 Å². The fraction of sp³-hybridized carbons (Fsp3) is 0.0417. The minimum absolute atomic E-state index is 0.0315. The first kappa shape index (κ1) is 23.9. The number of carbonyl (C=O) groups excluding carboxylic acids is 2. The van der Waals surface area contributed by atoms with Gasteiger partial charge >= 0.3 is 11.9 Å². The predicted octanol–water partition coefficient (Wildman–Crippen LogP) is 5.47. The van der Waals surface area contributed by atoms with Crippen molar-refractivity contribution in [3.05, 3.63) is 103 Å². The first-order valence-electron chi connectivity index (χ1n) is 9.88. The predicted molar refractivity (Wildman–Crippen MR) is 128 cm³/mol. The summed E-state index contributed by atoms with van der Waals surface area (Å²) in [5, 5.41) is 11.3. The summed E-state index contributed by atoms with van der Waals surface area (Å²) in [6, 6.07) is 14.9. The Balaban J connectivity index is 1.64. The summed E-state index contributed by atoms with van der Waals surface area (Å²) in [4.78, 5) is 39.5. The second-order valence-corrected chi connectivity index (χ2v) is 7.86. The Kier molecular flexibility index (Phi) is 6.81. The highest BCUT2D eigenvalue weighted by molar-refractivity contribution is 6.34. The molecule has 3 aromatic rings. The van der Waals surface area contributed by atoms with Crippen molar-refractivity contribution in [1.29, 1.82) is 0 Å². The summed E-state index contributed by atoms with van der Waals surface area (Å²) in [6.07, 6.45) is 1.39. The van der Waals surface area contributed by atoms with Gasteiger partial charge in [0.1, 0.15) is 0 Å². The van der Waals surface area contributed by atoms with Gasteiger partial charge in [0, 0.05) is 17.7 Å². The molecule has 0 saturated carbocycles. The molecule has 0 aliphatic carbocycles. The van der Waals surface area contributed by atoms with Crippen LogP contribution in [0.2, 0.25) is 10.0 Å². The Bertz CT molecular complexity index is 1430. The minimum Gasteiger partial charge on any atom is -0.493 e. The van der Waals surface area contributed by atoms with Gasteiger partial charge in [-0.3, -0.25) is 10.1 Å².